The molecule has 0 unspecified atom stereocenters. The monoisotopic (exact) mass is 394 g/mol. The van der Waals surface area contributed by atoms with E-state index in [0.717, 1.165) is 39.8 Å². The highest BCUT2D eigenvalue weighted by atomic mass is 16.2. The SMILES string of the molecule is O=C(c1ncn2ccccc12)N1CCc2[nH]cnc2[C@H]1c1cc2ccccc2cn1. The molecule has 7 nitrogen and oxygen atoms in total. The average Bonchev–Trinajstić information content (AvgIpc) is 3.44. The Morgan fingerprint density at radius 2 is 1.90 bits per heavy atom. The van der Waals surface area contributed by atoms with Gasteiger partial charge in [0.1, 0.15) is 12.4 Å². The molecular weight excluding hydrogens is 376 g/mol. The maximum atomic E-state index is 13.6. The molecule has 1 N–H and O–H groups in total. The predicted octanol–water partition coefficient (Wildman–Crippen LogP) is 3.39. The molecule has 30 heavy (non-hydrogen) atoms. The lowest BCUT2D eigenvalue weighted by molar-refractivity contribution is 0.0684. The molecule has 5 heterocycles. The molecule has 1 amide bonds. The molecule has 146 valence electrons. The van der Waals surface area contributed by atoms with E-state index >= 15 is 0 Å². The second-order valence-electron chi connectivity index (χ2n) is 7.46. The number of hydrogen-bond acceptors (Lipinski definition) is 4. The van der Waals surface area contributed by atoms with Crippen molar-refractivity contribution in [3.63, 3.8) is 0 Å². The lowest BCUT2D eigenvalue weighted by Crippen LogP contribution is -2.41. The highest BCUT2D eigenvalue weighted by molar-refractivity contribution is 5.99. The van der Waals surface area contributed by atoms with Gasteiger partial charge in [-0.2, -0.15) is 0 Å². The molecule has 1 aliphatic heterocycles. The smallest absolute Gasteiger partial charge is 0.275 e. The number of aromatic amines is 1. The van der Waals surface area contributed by atoms with Gasteiger partial charge in [0, 0.05) is 36.4 Å². The van der Waals surface area contributed by atoms with Gasteiger partial charge < -0.3 is 14.3 Å². The minimum Gasteiger partial charge on any atom is -0.348 e. The lowest BCUT2D eigenvalue weighted by atomic mass is 9.97. The standard InChI is InChI=1S/C23H18N6O/c30-23(21-19-7-3-4-9-28(19)14-27-21)29-10-8-17-20(26-13-25-17)22(29)18-11-15-5-1-2-6-16(15)12-24-18/h1-7,9,11-14,22H,8,10H2,(H,25,26)/t22-/m1/s1. The fourth-order valence-corrected chi connectivity index (χ4v) is 4.29. The Hall–Kier alpha value is -4.00. The number of carbonyl (C=O) groups excluding carboxylic acids is 1. The average molecular weight is 394 g/mol. The van der Waals surface area contributed by atoms with E-state index in [9.17, 15) is 4.79 Å². The van der Waals surface area contributed by atoms with Crippen molar-refractivity contribution in [2.75, 3.05) is 6.54 Å². The van der Waals surface area contributed by atoms with Crippen molar-refractivity contribution in [2.45, 2.75) is 12.5 Å². The van der Waals surface area contributed by atoms with E-state index in [1.54, 1.807) is 12.7 Å². The van der Waals surface area contributed by atoms with Crippen LogP contribution in [0, 0.1) is 0 Å². The van der Waals surface area contributed by atoms with Gasteiger partial charge in [-0.15, -0.1) is 0 Å². The number of pyridine rings is 2. The van der Waals surface area contributed by atoms with Crippen molar-refractivity contribution in [3.05, 3.63) is 96.4 Å². The van der Waals surface area contributed by atoms with Crippen molar-refractivity contribution in [1.82, 2.24) is 29.2 Å². The number of benzene rings is 1. The molecule has 0 radical (unpaired) electrons. The van der Waals surface area contributed by atoms with E-state index in [1.165, 1.54) is 0 Å². The van der Waals surface area contributed by atoms with Gasteiger partial charge in [-0.05, 0) is 23.6 Å². The summed E-state index contributed by atoms with van der Waals surface area (Å²) in [6.07, 6.45) is 7.84. The van der Waals surface area contributed by atoms with Crippen LogP contribution in [0.15, 0.2) is 73.6 Å². The quantitative estimate of drug-likeness (QED) is 0.498. The zero-order valence-electron chi connectivity index (χ0n) is 16.1. The minimum absolute atomic E-state index is 0.114. The molecule has 1 aromatic carbocycles. The Morgan fingerprint density at radius 1 is 1.03 bits per heavy atom. The Labute approximate surface area is 172 Å². The van der Waals surface area contributed by atoms with Gasteiger partial charge in [0.15, 0.2) is 5.69 Å². The first kappa shape index (κ1) is 16.9. The first-order valence-corrected chi connectivity index (χ1v) is 9.89. The van der Waals surface area contributed by atoms with Gasteiger partial charge in [0.2, 0.25) is 0 Å². The van der Waals surface area contributed by atoms with Crippen LogP contribution in [-0.2, 0) is 6.42 Å². The molecule has 1 aliphatic rings. The van der Waals surface area contributed by atoms with Crippen LogP contribution in [0.2, 0.25) is 0 Å². The number of amides is 1. The molecule has 7 heteroatoms. The van der Waals surface area contributed by atoms with Crippen LogP contribution < -0.4 is 0 Å². The summed E-state index contributed by atoms with van der Waals surface area (Å²) >= 11 is 0. The van der Waals surface area contributed by atoms with Crippen molar-refractivity contribution in [1.29, 1.82) is 0 Å². The second-order valence-corrected chi connectivity index (χ2v) is 7.46. The van der Waals surface area contributed by atoms with Gasteiger partial charge in [-0.25, -0.2) is 9.97 Å². The van der Waals surface area contributed by atoms with Gasteiger partial charge in [0.05, 0.1) is 23.2 Å². The number of nitrogens with zero attached hydrogens (tertiary/aromatic N) is 5. The fraction of sp³-hybridized carbons (Fsp3) is 0.130. The van der Waals surface area contributed by atoms with Crippen LogP contribution in [0.25, 0.3) is 16.3 Å². The van der Waals surface area contributed by atoms with Crippen molar-refractivity contribution in [3.8, 4) is 0 Å². The van der Waals surface area contributed by atoms with Crippen LogP contribution in [0.1, 0.15) is 33.6 Å². The first-order chi connectivity index (χ1) is 14.8. The molecule has 0 aliphatic carbocycles. The zero-order chi connectivity index (χ0) is 20.1. The number of nitrogens with one attached hydrogen (secondary N) is 1. The Balaban J connectivity index is 1.49. The number of fused-ring (bicyclic) bond motifs is 3. The normalized spacial score (nSPS) is 16.1. The van der Waals surface area contributed by atoms with Crippen LogP contribution >= 0.6 is 0 Å². The predicted molar refractivity (Wildman–Crippen MR) is 112 cm³/mol. The zero-order valence-corrected chi connectivity index (χ0v) is 16.1. The van der Waals surface area contributed by atoms with Gasteiger partial charge in [0.25, 0.3) is 5.91 Å². The first-order valence-electron chi connectivity index (χ1n) is 9.89. The van der Waals surface area contributed by atoms with Crippen LogP contribution in [0.4, 0.5) is 0 Å². The molecule has 0 saturated carbocycles. The summed E-state index contributed by atoms with van der Waals surface area (Å²) in [5.41, 5.74) is 3.94. The fourth-order valence-electron chi connectivity index (χ4n) is 4.29. The Morgan fingerprint density at radius 3 is 2.83 bits per heavy atom. The van der Waals surface area contributed by atoms with E-state index in [2.05, 4.69) is 27.1 Å². The molecule has 0 bridgehead atoms. The molecule has 0 spiro atoms. The van der Waals surface area contributed by atoms with E-state index in [4.69, 9.17) is 4.98 Å². The molecule has 0 fully saturated rings. The summed E-state index contributed by atoms with van der Waals surface area (Å²) in [5.74, 6) is -0.114. The van der Waals surface area contributed by atoms with Gasteiger partial charge in [-0.3, -0.25) is 9.78 Å². The summed E-state index contributed by atoms with van der Waals surface area (Å²) in [6.45, 7) is 0.569. The molecule has 0 saturated heterocycles. The third-order valence-electron chi connectivity index (χ3n) is 5.76. The number of rotatable bonds is 2. The van der Waals surface area contributed by atoms with Crippen LogP contribution in [-0.4, -0.2) is 41.7 Å². The van der Waals surface area contributed by atoms with Gasteiger partial charge >= 0.3 is 0 Å². The summed E-state index contributed by atoms with van der Waals surface area (Å²) in [5, 5.41) is 2.15. The van der Waals surface area contributed by atoms with E-state index in [1.807, 2.05) is 58.1 Å². The third kappa shape index (κ3) is 2.52. The summed E-state index contributed by atoms with van der Waals surface area (Å²) in [6, 6.07) is 15.5. The number of H-pyrrole nitrogens is 1. The maximum Gasteiger partial charge on any atom is 0.275 e. The topological polar surface area (TPSA) is 79.2 Å². The minimum atomic E-state index is -0.363. The number of hydrogen-bond donors (Lipinski definition) is 1. The second kappa shape index (κ2) is 6.52. The molecular formula is C23H18N6O. The number of imidazole rings is 2. The largest absolute Gasteiger partial charge is 0.348 e. The number of carbonyl (C=O) groups is 1. The van der Waals surface area contributed by atoms with Crippen LogP contribution in [0.3, 0.4) is 0 Å². The third-order valence-corrected chi connectivity index (χ3v) is 5.76. The van der Waals surface area contributed by atoms with E-state index in [-0.39, 0.29) is 11.9 Å². The summed E-state index contributed by atoms with van der Waals surface area (Å²) < 4.78 is 1.86. The van der Waals surface area contributed by atoms with Crippen molar-refractivity contribution in [2.24, 2.45) is 0 Å². The van der Waals surface area contributed by atoms with E-state index < -0.39 is 0 Å². The van der Waals surface area contributed by atoms with Gasteiger partial charge in [-0.1, -0.05) is 30.3 Å². The van der Waals surface area contributed by atoms with E-state index in [0.29, 0.717) is 12.2 Å². The molecule has 1 atom stereocenters. The summed E-state index contributed by atoms with van der Waals surface area (Å²) in [4.78, 5) is 32.4. The Bertz CT molecular complexity index is 1400. The Kier molecular flexibility index (Phi) is 3.67. The lowest BCUT2D eigenvalue weighted by Gasteiger charge is -2.34. The molecule has 4 aromatic heterocycles. The summed E-state index contributed by atoms with van der Waals surface area (Å²) in [7, 11) is 0. The highest BCUT2D eigenvalue weighted by Crippen LogP contribution is 2.34. The molecule has 6 rings (SSSR count). The van der Waals surface area contributed by atoms with Crippen molar-refractivity contribution >= 4 is 22.2 Å². The number of aromatic nitrogens is 5. The van der Waals surface area contributed by atoms with Crippen LogP contribution in [0.5, 0.6) is 0 Å². The maximum absolute atomic E-state index is 13.6. The highest BCUT2D eigenvalue weighted by Gasteiger charge is 2.36. The molecule has 5 aromatic rings. The van der Waals surface area contributed by atoms with Crippen molar-refractivity contribution < 1.29 is 4.79 Å².